The van der Waals surface area contributed by atoms with Crippen molar-refractivity contribution in [3.05, 3.63) is 72.6 Å². The largest absolute Gasteiger partial charge is 0.484 e. The number of hydrogen-bond donors (Lipinski definition) is 1. The first-order valence-electron chi connectivity index (χ1n) is 9.37. The number of benzene rings is 1. The van der Waals surface area contributed by atoms with Crippen molar-refractivity contribution in [2.75, 3.05) is 18.4 Å². The fraction of sp³-hybridized carbons (Fsp3) is 0.286. The molecule has 3 aromatic rings. The normalized spacial score (nSPS) is 14.6. The molecule has 0 bridgehead atoms. The molecular formula is C21H22N4O3. The first-order valence-corrected chi connectivity index (χ1v) is 9.37. The van der Waals surface area contributed by atoms with Gasteiger partial charge in [-0.2, -0.15) is 0 Å². The number of para-hydroxylation sites is 1. The molecule has 0 radical (unpaired) electrons. The van der Waals surface area contributed by atoms with Crippen LogP contribution in [0, 0.1) is 0 Å². The van der Waals surface area contributed by atoms with Crippen LogP contribution < -0.4 is 10.1 Å². The van der Waals surface area contributed by atoms with Gasteiger partial charge in [0.25, 0.3) is 5.91 Å². The molecule has 1 aromatic carbocycles. The van der Waals surface area contributed by atoms with Crippen LogP contribution in [0.25, 0.3) is 0 Å². The lowest BCUT2D eigenvalue weighted by molar-refractivity contribution is 0.0712. The number of nitrogens with one attached hydrogen (secondary N) is 1. The number of ether oxygens (including phenoxy) is 1. The molecule has 0 saturated carbocycles. The van der Waals surface area contributed by atoms with E-state index in [0.29, 0.717) is 30.7 Å². The number of carbonyl (C=O) groups excluding carboxylic acids is 1. The van der Waals surface area contributed by atoms with Crippen LogP contribution in [0.3, 0.4) is 0 Å². The van der Waals surface area contributed by atoms with Crippen LogP contribution in [0.2, 0.25) is 0 Å². The molecule has 2 aromatic heterocycles. The second-order valence-corrected chi connectivity index (χ2v) is 6.65. The predicted octanol–water partition coefficient (Wildman–Crippen LogP) is 3.37. The molecule has 1 saturated heterocycles. The Balaban J connectivity index is 1.28. The molecule has 0 unspecified atom stereocenters. The lowest BCUT2D eigenvalue weighted by Crippen LogP contribution is -2.42. The molecule has 7 nitrogen and oxygen atoms in total. The standard InChI is InChI=1S/C21H22N4O3/c26-21(18-14-28-20(24-18)15-27-17-6-2-1-3-7-17)25-12-9-16(10-13-25)23-19-8-4-5-11-22-19/h1-8,11,14,16H,9-10,12-13,15H2,(H,22,23). The van der Waals surface area contributed by atoms with Crippen molar-refractivity contribution in [2.45, 2.75) is 25.5 Å². The summed E-state index contributed by atoms with van der Waals surface area (Å²) >= 11 is 0. The van der Waals surface area contributed by atoms with Gasteiger partial charge >= 0.3 is 0 Å². The molecule has 3 heterocycles. The van der Waals surface area contributed by atoms with E-state index in [4.69, 9.17) is 9.15 Å². The molecule has 0 spiro atoms. The number of rotatable bonds is 6. The van der Waals surface area contributed by atoms with Crippen molar-refractivity contribution in [2.24, 2.45) is 0 Å². The van der Waals surface area contributed by atoms with Gasteiger partial charge in [0.1, 0.15) is 17.8 Å². The second kappa shape index (κ2) is 8.56. The van der Waals surface area contributed by atoms with Crippen LogP contribution in [0.5, 0.6) is 5.75 Å². The Morgan fingerprint density at radius 2 is 1.93 bits per heavy atom. The molecule has 1 fully saturated rings. The highest BCUT2D eigenvalue weighted by atomic mass is 16.5. The van der Waals surface area contributed by atoms with E-state index in [1.165, 1.54) is 6.26 Å². The van der Waals surface area contributed by atoms with Gasteiger partial charge in [-0.3, -0.25) is 4.79 Å². The highest BCUT2D eigenvalue weighted by Crippen LogP contribution is 2.18. The van der Waals surface area contributed by atoms with Crippen molar-refractivity contribution < 1.29 is 13.9 Å². The summed E-state index contributed by atoms with van der Waals surface area (Å²) in [5.41, 5.74) is 0.322. The Kier molecular flexibility index (Phi) is 5.51. The Morgan fingerprint density at radius 3 is 2.68 bits per heavy atom. The number of piperidine rings is 1. The molecule has 4 rings (SSSR count). The Hall–Kier alpha value is -3.35. The lowest BCUT2D eigenvalue weighted by Gasteiger charge is -2.32. The van der Waals surface area contributed by atoms with Crippen molar-refractivity contribution in [1.82, 2.24) is 14.9 Å². The van der Waals surface area contributed by atoms with Crippen LogP contribution in [0.4, 0.5) is 5.82 Å². The number of aromatic nitrogens is 2. The fourth-order valence-electron chi connectivity index (χ4n) is 3.18. The molecule has 1 N–H and O–H groups in total. The van der Waals surface area contributed by atoms with E-state index in [2.05, 4.69) is 15.3 Å². The number of amides is 1. The van der Waals surface area contributed by atoms with Crippen molar-refractivity contribution in [1.29, 1.82) is 0 Å². The van der Waals surface area contributed by atoms with Crippen LogP contribution in [-0.4, -0.2) is 39.9 Å². The SMILES string of the molecule is O=C(c1coc(COc2ccccc2)n1)N1CCC(Nc2ccccn2)CC1. The zero-order chi connectivity index (χ0) is 19.2. The smallest absolute Gasteiger partial charge is 0.275 e. The van der Waals surface area contributed by atoms with Crippen LogP contribution in [-0.2, 0) is 6.61 Å². The number of oxazole rings is 1. The zero-order valence-electron chi connectivity index (χ0n) is 15.5. The van der Waals surface area contributed by atoms with E-state index in [1.807, 2.05) is 53.4 Å². The Morgan fingerprint density at radius 1 is 1.14 bits per heavy atom. The first-order chi connectivity index (χ1) is 13.8. The number of pyridine rings is 1. The van der Waals surface area contributed by atoms with E-state index >= 15 is 0 Å². The third-order valence-corrected chi connectivity index (χ3v) is 4.68. The van der Waals surface area contributed by atoms with Gasteiger partial charge in [0.05, 0.1) is 0 Å². The number of nitrogens with zero attached hydrogens (tertiary/aromatic N) is 3. The highest BCUT2D eigenvalue weighted by molar-refractivity contribution is 5.92. The Labute approximate surface area is 163 Å². The van der Waals surface area contributed by atoms with Gasteiger partial charge in [-0.05, 0) is 37.1 Å². The number of anilines is 1. The number of hydrogen-bond acceptors (Lipinski definition) is 6. The third kappa shape index (κ3) is 4.49. The lowest BCUT2D eigenvalue weighted by atomic mass is 10.0. The van der Waals surface area contributed by atoms with E-state index < -0.39 is 0 Å². The minimum atomic E-state index is -0.106. The van der Waals surface area contributed by atoms with Gasteiger partial charge in [0.2, 0.25) is 5.89 Å². The maximum atomic E-state index is 12.7. The van der Waals surface area contributed by atoms with Gasteiger partial charge in [0.15, 0.2) is 12.3 Å². The van der Waals surface area contributed by atoms with E-state index in [-0.39, 0.29) is 12.5 Å². The summed E-state index contributed by atoms with van der Waals surface area (Å²) in [7, 11) is 0. The molecule has 7 heteroatoms. The second-order valence-electron chi connectivity index (χ2n) is 6.65. The third-order valence-electron chi connectivity index (χ3n) is 4.68. The number of carbonyl (C=O) groups is 1. The van der Waals surface area contributed by atoms with Crippen molar-refractivity contribution in [3.63, 3.8) is 0 Å². The van der Waals surface area contributed by atoms with Crippen molar-refractivity contribution >= 4 is 11.7 Å². The Bertz CT molecular complexity index is 890. The average Bonchev–Trinajstić information content (AvgIpc) is 3.23. The molecule has 144 valence electrons. The summed E-state index contributed by atoms with van der Waals surface area (Å²) in [6.07, 6.45) is 4.91. The molecule has 1 aliphatic rings. The van der Waals surface area contributed by atoms with Crippen molar-refractivity contribution in [3.8, 4) is 5.75 Å². The molecule has 28 heavy (non-hydrogen) atoms. The van der Waals surface area contributed by atoms with E-state index in [9.17, 15) is 4.79 Å². The maximum absolute atomic E-state index is 12.7. The van der Waals surface area contributed by atoms with Crippen LogP contribution >= 0.6 is 0 Å². The maximum Gasteiger partial charge on any atom is 0.275 e. The summed E-state index contributed by atoms with van der Waals surface area (Å²) in [5, 5.41) is 3.42. The van der Waals surface area contributed by atoms with Crippen LogP contribution in [0.15, 0.2) is 65.4 Å². The summed E-state index contributed by atoms with van der Waals surface area (Å²) in [6, 6.07) is 15.5. The van der Waals surface area contributed by atoms with Gasteiger partial charge in [0, 0.05) is 25.3 Å². The zero-order valence-corrected chi connectivity index (χ0v) is 15.5. The summed E-state index contributed by atoms with van der Waals surface area (Å²) in [5.74, 6) is 1.88. The monoisotopic (exact) mass is 378 g/mol. The average molecular weight is 378 g/mol. The van der Waals surface area contributed by atoms with Gasteiger partial charge < -0.3 is 19.4 Å². The summed E-state index contributed by atoms with van der Waals surface area (Å²) < 4.78 is 11.0. The van der Waals surface area contributed by atoms with Gasteiger partial charge in [-0.15, -0.1) is 0 Å². The highest BCUT2D eigenvalue weighted by Gasteiger charge is 2.25. The van der Waals surface area contributed by atoms with E-state index in [1.54, 1.807) is 6.20 Å². The van der Waals surface area contributed by atoms with E-state index in [0.717, 1.165) is 24.4 Å². The molecular weight excluding hydrogens is 356 g/mol. The molecule has 1 amide bonds. The quantitative estimate of drug-likeness (QED) is 0.708. The summed E-state index contributed by atoms with van der Waals surface area (Å²) in [4.78, 5) is 23.1. The van der Waals surface area contributed by atoms with Crippen LogP contribution in [0.1, 0.15) is 29.2 Å². The fourth-order valence-corrected chi connectivity index (χ4v) is 3.18. The molecule has 1 aliphatic heterocycles. The van der Waals surface area contributed by atoms with Gasteiger partial charge in [-0.25, -0.2) is 9.97 Å². The van der Waals surface area contributed by atoms with Gasteiger partial charge in [-0.1, -0.05) is 24.3 Å². The first kappa shape index (κ1) is 18.0. The molecule has 0 aliphatic carbocycles. The predicted molar refractivity (Wildman–Crippen MR) is 104 cm³/mol. The molecule has 0 atom stereocenters. The minimum absolute atomic E-state index is 0.106. The minimum Gasteiger partial charge on any atom is -0.484 e. The topological polar surface area (TPSA) is 80.5 Å². The number of likely N-dealkylation sites (tertiary alicyclic amines) is 1. The summed E-state index contributed by atoms with van der Waals surface area (Å²) in [6.45, 7) is 1.53.